The molecule has 19 heavy (non-hydrogen) atoms. The van der Waals surface area contributed by atoms with Crippen molar-refractivity contribution in [2.24, 2.45) is 20.7 Å². The number of amides is 1. The van der Waals surface area contributed by atoms with Crippen molar-refractivity contribution in [2.75, 3.05) is 7.05 Å². The first-order valence-electron chi connectivity index (χ1n) is 6.11. The summed E-state index contributed by atoms with van der Waals surface area (Å²) in [5, 5.41) is 14.0. The summed E-state index contributed by atoms with van der Waals surface area (Å²) >= 11 is 0. The van der Waals surface area contributed by atoms with Gasteiger partial charge in [0.05, 0.1) is 5.71 Å². The van der Waals surface area contributed by atoms with Crippen molar-refractivity contribution in [3.05, 3.63) is 35.9 Å². The van der Waals surface area contributed by atoms with Crippen molar-refractivity contribution in [3.63, 3.8) is 0 Å². The van der Waals surface area contributed by atoms with E-state index in [1.165, 1.54) is 5.01 Å². The molecule has 1 aromatic carbocycles. The quantitative estimate of drug-likeness (QED) is 0.752. The number of nitrogens with zero attached hydrogens (tertiary/aromatic N) is 4. The van der Waals surface area contributed by atoms with Gasteiger partial charge in [-0.05, 0) is 13.8 Å². The fourth-order valence-electron chi connectivity index (χ4n) is 2.39. The van der Waals surface area contributed by atoms with Gasteiger partial charge in [-0.3, -0.25) is 4.79 Å². The van der Waals surface area contributed by atoms with Crippen molar-refractivity contribution < 1.29 is 4.79 Å². The fourth-order valence-corrected chi connectivity index (χ4v) is 2.39. The van der Waals surface area contributed by atoms with E-state index in [9.17, 15) is 4.79 Å². The third-order valence-electron chi connectivity index (χ3n) is 3.74. The molecule has 0 radical (unpaired) electrons. The van der Waals surface area contributed by atoms with Gasteiger partial charge in [0.1, 0.15) is 16.8 Å². The summed E-state index contributed by atoms with van der Waals surface area (Å²) in [7, 11) is 1.67. The van der Waals surface area contributed by atoms with Crippen LogP contribution in [0.25, 0.3) is 0 Å². The number of hydrazone groups is 1. The van der Waals surface area contributed by atoms with Crippen LogP contribution in [0.15, 0.2) is 45.6 Å². The van der Waals surface area contributed by atoms with Gasteiger partial charge in [0.25, 0.3) is 5.91 Å². The predicted molar refractivity (Wildman–Crippen MR) is 74.4 cm³/mol. The molecule has 0 fully saturated rings. The molecule has 1 aromatic rings. The summed E-state index contributed by atoms with van der Waals surface area (Å²) in [5.41, 5.74) is 2.21. The highest BCUT2D eigenvalue weighted by molar-refractivity contribution is 6.58. The van der Waals surface area contributed by atoms with Gasteiger partial charge in [-0.15, -0.1) is 0 Å². The maximum Gasteiger partial charge on any atom is 0.260 e. The van der Waals surface area contributed by atoms with Crippen molar-refractivity contribution >= 4 is 23.0 Å². The first-order valence-corrected chi connectivity index (χ1v) is 6.11. The molecule has 0 bridgehead atoms. The van der Waals surface area contributed by atoms with Gasteiger partial charge in [-0.25, -0.2) is 5.01 Å². The Kier molecular flexibility index (Phi) is 2.38. The number of hydrogen-bond acceptors (Lipinski definition) is 4. The molecule has 0 saturated carbocycles. The number of carbonyl (C=O) groups excluding carboxylic acids is 1. The Balaban J connectivity index is 2.18. The highest BCUT2D eigenvalue weighted by Gasteiger charge is 2.51. The molecule has 96 valence electrons. The second-order valence-electron chi connectivity index (χ2n) is 4.90. The maximum absolute atomic E-state index is 12.4. The van der Waals surface area contributed by atoms with E-state index in [2.05, 4.69) is 15.3 Å². The van der Waals surface area contributed by atoms with E-state index < -0.39 is 5.41 Å². The van der Waals surface area contributed by atoms with Gasteiger partial charge in [0.2, 0.25) is 0 Å². The van der Waals surface area contributed by atoms with E-state index >= 15 is 0 Å². The molecule has 5 nitrogen and oxygen atoms in total. The molecule has 3 rings (SSSR count). The Morgan fingerprint density at radius 1 is 1.16 bits per heavy atom. The Morgan fingerprint density at radius 3 is 2.53 bits per heavy atom. The Morgan fingerprint density at radius 2 is 1.84 bits per heavy atom. The van der Waals surface area contributed by atoms with Crippen molar-refractivity contribution in [1.29, 1.82) is 0 Å². The summed E-state index contributed by atoms with van der Waals surface area (Å²) in [4.78, 5) is 12.4. The molecular formula is C14H14N4O. The Labute approximate surface area is 111 Å². The first-order chi connectivity index (χ1) is 9.05. The molecule has 2 aliphatic rings. The minimum Gasteiger partial charge on any atom is -0.271 e. The number of fused-ring (bicyclic) bond motifs is 1. The normalized spacial score (nSPS) is 25.7. The monoisotopic (exact) mass is 254 g/mol. The number of hydrogen-bond donors (Lipinski definition) is 0. The molecule has 5 heteroatoms. The minimum absolute atomic E-state index is 0.0929. The SMILES string of the molecule is CC1=NN=C2C(c3ccccc3)=NN(C)C(=O)C12C. The van der Waals surface area contributed by atoms with Crippen LogP contribution < -0.4 is 0 Å². The van der Waals surface area contributed by atoms with Crippen LogP contribution in [0.4, 0.5) is 0 Å². The van der Waals surface area contributed by atoms with Crippen LogP contribution in [0.1, 0.15) is 19.4 Å². The molecule has 0 spiro atoms. The van der Waals surface area contributed by atoms with Gasteiger partial charge < -0.3 is 0 Å². The fraction of sp³-hybridized carbons (Fsp3) is 0.286. The highest BCUT2D eigenvalue weighted by atomic mass is 16.2. The zero-order valence-electron chi connectivity index (χ0n) is 11.1. The van der Waals surface area contributed by atoms with Gasteiger partial charge in [-0.2, -0.15) is 15.3 Å². The molecule has 2 heterocycles. The number of rotatable bonds is 1. The summed E-state index contributed by atoms with van der Waals surface area (Å²) in [5.74, 6) is -0.0929. The average Bonchev–Trinajstić information content (AvgIpc) is 2.73. The predicted octanol–water partition coefficient (Wildman–Crippen LogP) is 1.70. The third-order valence-corrected chi connectivity index (χ3v) is 3.74. The van der Waals surface area contributed by atoms with Gasteiger partial charge in [-0.1, -0.05) is 30.3 Å². The second kappa shape index (κ2) is 3.85. The number of benzene rings is 1. The molecular weight excluding hydrogens is 240 g/mol. The lowest BCUT2D eigenvalue weighted by Gasteiger charge is -2.33. The molecule has 0 saturated heterocycles. The first kappa shape index (κ1) is 11.8. The van der Waals surface area contributed by atoms with Crippen LogP contribution in [0.3, 0.4) is 0 Å². The molecule has 1 unspecified atom stereocenters. The Hall–Kier alpha value is -2.30. The summed E-state index contributed by atoms with van der Waals surface area (Å²) in [6.45, 7) is 3.68. The van der Waals surface area contributed by atoms with E-state index in [0.717, 1.165) is 5.56 Å². The summed E-state index contributed by atoms with van der Waals surface area (Å²) < 4.78 is 0. The van der Waals surface area contributed by atoms with Crippen LogP contribution in [-0.2, 0) is 4.79 Å². The van der Waals surface area contributed by atoms with Crippen LogP contribution in [0.5, 0.6) is 0 Å². The lowest BCUT2D eigenvalue weighted by atomic mass is 9.76. The minimum atomic E-state index is -0.790. The molecule has 1 atom stereocenters. The summed E-state index contributed by atoms with van der Waals surface area (Å²) in [6, 6.07) is 9.74. The Bertz CT molecular complexity index is 645. The second-order valence-corrected chi connectivity index (χ2v) is 4.90. The van der Waals surface area contributed by atoms with Gasteiger partial charge in [0, 0.05) is 12.6 Å². The highest BCUT2D eigenvalue weighted by Crippen LogP contribution is 2.34. The van der Waals surface area contributed by atoms with Crippen LogP contribution in [0, 0.1) is 5.41 Å². The lowest BCUT2D eigenvalue weighted by Crippen LogP contribution is -2.53. The van der Waals surface area contributed by atoms with Crippen molar-refractivity contribution in [3.8, 4) is 0 Å². The van der Waals surface area contributed by atoms with E-state index in [-0.39, 0.29) is 5.91 Å². The molecule has 2 aliphatic heterocycles. The molecule has 0 aliphatic carbocycles. The topological polar surface area (TPSA) is 57.4 Å². The van der Waals surface area contributed by atoms with E-state index in [1.54, 1.807) is 7.05 Å². The van der Waals surface area contributed by atoms with Crippen LogP contribution in [-0.4, -0.2) is 35.1 Å². The van der Waals surface area contributed by atoms with Gasteiger partial charge >= 0.3 is 0 Å². The van der Waals surface area contributed by atoms with Crippen molar-refractivity contribution in [2.45, 2.75) is 13.8 Å². The average molecular weight is 254 g/mol. The third kappa shape index (κ3) is 1.47. The van der Waals surface area contributed by atoms with E-state index in [0.29, 0.717) is 17.1 Å². The lowest BCUT2D eigenvalue weighted by molar-refractivity contribution is -0.133. The van der Waals surface area contributed by atoms with Gasteiger partial charge in [0.15, 0.2) is 0 Å². The maximum atomic E-state index is 12.4. The van der Waals surface area contributed by atoms with Crippen LogP contribution in [0.2, 0.25) is 0 Å². The molecule has 1 amide bonds. The zero-order chi connectivity index (χ0) is 13.6. The largest absolute Gasteiger partial charge is 0.271 e. The standard InChI is InChI=1S/C14H14N4O/c1-9-14(2)12(16-15-9)11(17-18(3)13(14)19)10-7-5-4-6-8-10/h4-8H,1-3H3. The van der Waals surface area contributed by atoms with Crippen molar-refractivity contribution in [1.82, 2.24) is 5.01 Å². The van der Waals surface area contributed by atoms with E-state index in [1.807, 2.05) is 44.2 Å². The van der Waals surface area contributed by atoms with E-state index in [4.69, 9.17) is 0 Å². The number of carbonyl (C=O) groups is 1. The molecule has 0 N–H and O–H groups in total. The summed E-state index contributed by atoms with van der Waals surface area (Å²) in [6.07, 6.45) is 0. The molecule has 0 aromatic heterocycles. The zero-order valence-corrected chi connectivity index (χ0v) is 11.1. The van der Waals surface area contributed by atoms with Crippen LogP contribution >= 0.6 is 0 Å². The smallest absolute Gasteiger partial charge is 0.260 e.